The Morgan fingerprint density at radius 3 is 2.75 bits per heavy atom. The van der Waals surface area contributed by atoms with E-state index in [0.717, 1.165) is 5.56 Å². The summed E-state index contributed by atoms with van der Waals surface area (Å²) in [7, 11) is 1.75. The first-order chi connectivity index (χ1) is 9.49. The molecule has 0 amide bonds. The highest BCUT2D eigenvalue weighted by Gasteiger charge is 2.17. The number of hydrogen-bond donors (Lipinski definition) is 0. The van der Waals surface area contributed by atoms with Gasteiger partial charge in [0.25, 0.3) is 0 Å². The van der Waals surface area contributed by atoms with Crippen molar-refractivity contribution in [1.29, 1.82) is 0 Å². The monoisotopic (exact) mass is 274 g/mol. The number of nitrogens with zero attached hydrogens (tertiary/aromatic N) is 2. The summed E-state index contributed by atoms with van der Waals surface area (Å²) in [5.74, 6) is -0.129. The number of hydrogen-bond acceptors (Lipinski definition) is 4. The summed E-state index contributed by atoms with van der Waals surface area (Å²) in [5, 5.41) is 10.9. The summed E-state index contributed by atoms with van der Waals surface area (Å²) in [6, 6.07) is 8.06. The Morgan fingerprint density at radius 2 is 2.15 bits per heavy atom. The normalized spacial score (nSPS) is 10.3. The second-order valence-electron chi connectivity index (χ2n) is 4.44. The van der Waals surface area contributed by atoms with Gasteiger partial charge < -0.3 is 9.30 Å². The molecule has 6 heteroatoms. The van der Waals surface area contributed by atoms with E-state index in [1.165, 1.54) is 12.1 Å². The van der Waals surface area contributed by atoms with Crippen molar-refractivity contribution in [1.82, 2.24) is 4.57 Å². The van der Waals surface area contributed by atoms with Crippen molar-refractivity contribution < 1.29 is 14.5 Å². The Labute approximate surface area is 115 Å². The van der Waals surface area contributed by atoms with Gasteiger partial charge in [-0.2, -0.15) is 0 Å². The Balaban J connectivity index is 2.14. The van der Waals surface area contributed by atoms with E-state index in [-0.39, 0.29) is 23.8 Å². The lowest BCUT2D eigenvalue weighted by Crippen LogP contribution is -2.15. The van der Waals surface area contributed by atoms with Gasteiger partial charge in [0, 0.05) is 19.3 Å². The van der Waals surface area contributed by atoms with Crippen LogP contribution in [0, 0.1) is 17.0 Å². The second kappa shape index (κ2) is 5.56. The first-order valence-electron chi connectivity index (χ1n) is 6.01. The molecule has 104 valence electrons. The topological polar surface area (TPSA) is 74.4 Å². The minimum atomic E-state index is -0.519. The highest BCUT2D eigenvalue weighted by Crippen LogP contribution is 2.27. The number of nitro groups is 1. The first kappa shape index (κ1) is 13.8. The molecule has 0 N–H and O–H groups in total. The lowest BCUT2D eigenvalue weighted by Gasteiger charge is -2.07. The van der Waals surface area contributed by atoms with Crippen LogP contribution in [0.1, 0.15) is 16.1 Å². The molecule has 0 spiro atoms. The van der Waals surface area contributed by atoms with Gasteiger partial charge in [0.2, 0.25) is 5.78 Å². The molecule has 2 rings (SSSR count). The van der Waals surface area contributed by atoms with Crippen LogP contribution in [-0.4, -0.2) is 21.9 Å². The van der Waals surface area contributed by atoms with Gasteiger partial charge >= 0.3 is 5.69 Å². The molecule has 0 aliphatic heterocycles. The SMILES string of the molecule is Cc1ccc(OCC(=O)c2cccn2C)c([N+](=O)[O-])c1. The Bertz CT molecular complexity index is 661. The summed E-state index contributed by atoms with van der Waals surface area (Å²) >= 11 is 0. The third-order valence-electron chi connectivity index (χ3n) is 2.90. The fourth-order valence-corrected chi connectivity index (χ4v) is 1.86. The van der Waals surface area contributed by atoms with E-state index in [0.29, 0.717) is 5.69 Å². The molecule has 0 atom stereocenters. The zero-order valence-electron chi connectivity index (χ0n) is 11.2. The van der Waals surface area contributed by atoms with Crippen molar-refractivity contribution in [2.45, 2.75) is 6.92 Å². The second-order valence-corrected chi connectivity index (χ2v) is 4.44. The number of benzene rings is 1. The average molecular weight is 274 g/mol. The number of aryl methyl sites for hydroxylation is 2. The molecule has 0 fully saturated rings. The molecule has 6 nitrogen and oxygen atoms in total. The maximum absolute atomic E-state index is 11.9. The minimum Gasteiger partial charge on any atom is -0.478 e. The van der Waals surface area contributed by atoms with Gasteiger partial charge in [-0.15, -0.1) is 0 Å². The number of rotatable bonds is 5. The molecule has 1 heterocycles. The van der Waals surface area contributed by atoms with E-state index >= 15 is 0 Å². The van der Waals surface area contributed by atoms with Crippen molar-refractivity contribution in [2.75, 3.05) is 6.61 Å². The van der Waals surface area contributed by atoms with Crippen LogP contribution < -0.4 is 4.74 Å². The van der Waals surface area contributed by atoms with E-state index in [9.17, 15) is 14.9 Å². The molecule has 0 aliphatic carbocycles. The van der Waals surface area contributed by atoms with Crippen LogP contribution in [0.15, 0.2) is 36.5 Å². The molecule has 0 unspecified atom stereocenters. The largest absolute Gasteiger partial charge is 0.478 e. The third-order valence-corrected chi connectivity index (χ3v) is 2.90. The van der Waals surface area contributed by atoms with Gasteiger partial charge in [-0.1, -0.05) is 6.07 Å². The zero-order chi connectivity index (χ0) is 14.7. The van der Waals surface area contributed by atoms with Crippen molar-refractivity contribution in [3.8, 4) is 5.75 Å². The Hall–Kier alpha value is -2.63. The van der Waals surface area contributed by atoms with Crippen molar-refractivity contribution in [3.05, 3.63) is 57.9 Å². The molecule has 1 aromatic heterocycles. The smallest absolute Gasteiger partial charge is 0.311 e. The number of ether oxygens (including phenoxy) is 1. The highest BCUT2D eigenvalue weighted by atomic mass is 16.6. The summed E-state index contributed by atoms with van der Waals surface area (Å²) in [5.41, 5.74) is 1.13. The van der Waals surface area contributed by atoms with Crippen LogP contribution >= 0.6 is 0 Å². The van der Waals surface area contributed by atoms with Crippen LogP contribution in [-0.2, 0) is 7.05 Å². The van der Waals surface area contributed by atoms with Crippen LogP contribution in [0.5, 0.6) is 5.75 Å². The lowest BCUT2D eigenvalue weighted by molar-refractivity contribution is -0.385. The summed E-state index contributed by atoms with van der Waals surface area (Å²) in [6.45, 7) is 1.52. The van der Waals surface area contributed by atoms with Gasteiger partial charge in [0.15, 0.2) is 12.4 Å². The van der Waals surface area contributed by atoms with Crippen LogP contribution in [0.4, 0.5) is 5.69 Å². The van der Waals surface area contributed by atoms with E-state index in [2.05, 4.69) is 0 Å². The lowest BCUT2D eigenvalue weighted by atomic mass is 10.2. The average Bonchev–Trinajstić information content (AvgIpc) is 2.83. The zero-order valence-corrected chi connectivity index (χ0v) is 11.2. The molecular formula is C14H14N2O4. The van der Waals surface area contributed by atoms with E-state index in [4.69, 9.17) is 4.74 Å². The Kier molecular flexibility index (Phi) is 3.84. The number of carbonyl (C=O) groups is 1. The summed E-state index contributed by atoms with van der Waals surface area (Å²) in [6.07, 6.45) is 1.75. The van der Waals surface area contributed by atoms with Gasteiger partial charge in [-0.3, -0.25) is 14.9 Å². The molecule has 2 aromatic rings. The van der Waals surface area contributed by atoms with E-state index < -0.39 is 4.92 Å². The third kappa shape index (κ3) is 2.85. The molecule has 0 saturated carbocycles. The van der Waals surface area contributed by atoms with E-state index in [1.54, 1.807) is 42.9 Å². The maximum Gasteiger partial charge on any atom is 0.311 e. The molecule has 1 aromatic carbocycles. The molecular weight excluding hydrogens is 260 g/mol. The summed E-state index contributed by atoms with van der Waals surface area (Å²) < 4.78 is 6.97. The molecule has 0 saturated heterocycles. The van der Waals surface area contributed by atoms with Crippen LogP contribution in [0.25, 0.3) is 0 Å². The predicted molar refractivity (Wildman–Crippen MR) is 73.1 cm³/mol. The quantitative estimate of drug-likeness (QED) is 0.477. The van der Waals surface area contributed by atoms with Gasteiger partial charge in [-0.05, 0) is 30.7 Å². The van der Waals surface area contributed by atoms with Crippen molar-refractivity contribution in [3.63, 3.8) is 0 Å². The molecule has 20 heavy (non-hydrogen) atoms. The number of Topliss-reactive ketones (excluding diaryl/α,β-unsaturated/α-hetero) is 1. The number of carbonyl (C=O) groups excluding carboxylic acids is 1. The molecule has 0 radical (unpaired) electrons. The maximum atomic E-state index is 11.9. The van der Waals surface area contributed by atoms with Gasteiger partial charge in [0.05, 0.1) is 10.6 Å². The van der Waals surface area contributed by atoms with Crippen LogP contribution in [0.2, 0.25) is 0 Å². The van der Waals surface area contributed by atoms with Gasteiger partial charge in [-0.25, -0.2) is 0 Å². The predicted octanol–water partition coefficient (Wildman–Crippen LogP) is 2.50. The van der Waals surface area contributed by atoms with Crippen molar-refractivity contribution in [2.24, 2.45) is 7.05 Å². The highest BCUT2D eigenvalue weighted by molar-refractivity contribution is 5.95. The fourth-order valence-electron chi connectivity index (χ4n) is 1.86. The fraction of sp³-hybridized carbons (Fsp3) is 0.214. The first-order valence-corrected chi connectivity index (χ1v) is 6.01. The standard InChI is InChI=1S/C14H14N2O4/c1-10-5-6-14(12(8-10)16(18)19)20-9-13(17)11-4-3-7-15(11)2/h3-8H,9H2,1-2H3. The van der Waals surface area contributed by atoms with Crippen LogP contribution in [0.3, 0.4) is 0 Å². The number of nitro benzene ring substituents is 1. The number of ketones is 1. The Morgan fingerprint density at radius 1 is 1.40 bits per heavy atom. The van der Waals surface area contributed by atoms with Gasteiger partial charge in [0.1, 0.15) is 0 Å². The van der Waals surface area contributed by atoms with E-state index in [1.807, 2.05) is 0 Å². The molecule has 0 bridgehead atoms. The van der Waals surface area contributed by atoms with Crippen molar-refractivity contribution >= 4 is 11.5 Å². The minimum absolute atomic E-state index is 0.100. The summed E-state index contributed by atoms with van der Waals surface area (Å²) in [4.78, 5) is 22.4. The molecule has 0 aliphatic rings. The number of aromatic nitrogens is 1.